The Morgan fingerprint density at radius 3 is 2.57 bits per heavy atom. The lowest BCUT2D eigenvalue weighted by Gasteiger charge is -2.22. The number of furan rings is 1. The van der Waals surface area contributed by atoms with E-state index < -0.39 is 0 Å². The van der Waals surface area contributed by atoms with E-state index in [0.717, 1.165) is 44.3 Å². The summed E-state index contributed by atoms with van der Waals surface area (Å²) >= 11 is 0. The lowest BCUT2D eigenvalue weighted by molar-refractivity contribution is 0.130. The standard InChI is InChI=1S/C17H32N2O2/c1-13(2)11-19(7-8-20-6)12-17-9-16(15(5)21-17)10-18-14(3)4/h9,13-14,18H,7-8,10-12H2,1-6H3. The fourth-order valence-electron chi connectivity index (χ4n) is 2.35. The fourth-order valence-corrected chi connectivity index (χ4v) is 2.35. The molecule has 122 valence electrons. The molecular formula is C17H32N2O2. The van der Waals surface area contributed by atoms with Gasteiger partial charge in [-0.3, -0.25) is 4.90 Å². The molecule has 1 heterocycles. The maximum atomic E-state index is 5.92. The minimum absolute atomic E-state index is 0.488. The van der Waals surface area contributed by atoms with Crippen LogP contribution in [0, 0.1) is 12.8 Å². The van der Waals surface area contributed by atoms with Crippen LogP contribution in [-0.4, -0.2) is 37.7 Å². The van der Waals surface area contributed by atoms with Gasteiger partial charge in [-0.15, -0.1) is 0 Å². The number of nitrogens with zero attached hydrogens (tertiary/aromatic N) is 1. The van der Waals surface area contributed by atoms with E-state index in [1.54, 1.807) is 7.11 Å². The molecule has 1 rings (SSSR count). The Morgan fingerprint density at radius 2 is 2.00 bits per heavy atom. The Bertz CT molecular complexity index is 399. The van der Waals surface area contributed by atoms with Crippen LogP contribution in [0.25, 0.3) is 0 Å². The normalized spacial score (nSPS) is 12.0. The Balaban J connectivity index is 2.63. The highest BCUT2D eigenvalue weighted by atomic mass is 16.5. The molecule has 0 aliphatic rings. The molecule has 4 heteroatoms. The molecule has 0 aromatic carbocycles. The van der Waals surface area contributed by atoms with Crippen LogP contribution in [0.3, 0.4) is 0 Å². The van der Waals surface area contributed by atoms with Gasteiger partial charge in [-0.1, -0.05) is 27.7 Å². The first kappa shape index (κ1) is 18.2. The third-order valence-corrected chi connectivity index (χ3v) is 3.39. The predicted octanol–water partition coefficient (Wildman–Crippen LogP) is 3.19. The SMILES string of the molecule is COCCN(Cc1cc(CNC(C)C)c(C)o1)CC(C)C. The van der Waals surface area contributed by atoms with Crippen LogP contribution >= 0.6 is 0 Å². The number of methoxy groups -OCH3 is 1. The molecule has 0 bridgehead atoms. The summed E-state index contributed by atoms with van der Waals surface area (Å²) in [4.78, 5) is 2.39. The first-order valence-electron chi connectivity index (χ1n) is 7.95. The van der Waals surface area contributed by atoms with Gasteiger partial charge in [-0.25, -0.2) is 0 Å². The molecule has 0 atom stereocenters. The molecule has 0 aliphatic carbocycles. The van der Waals surface area contributed by atoms with Crippen molar-refractivity contribution in [2.75, 3.05) is 26.8 Å². The van der Waals surface area contributed by atoms with Crippen molar-refractivity contribution in [1.82, 2.24) is 10.2 Å². The molecule has 0 fully saturated rings. The van der Waals surface area contributed by atoms with E-state index in [1.165, 1.54) is 5.56 Å². The van der Waals surface area contributed by atoms with Gasteiger partial charge in [0, 0.05) is 38.3 Å². The van der Waals surface area contributed by atoms with E-state index in [2.05, 4.69) is 44.0 Å². The molecule has 21 heavy (non-hydrogen) atoms. The molecule has 4 nitrogen and oxygen atoms in total. The molecule has 0 spiro atoms. The van der Waals surface area contributed by atoms with E-state index in [9.17, 15) is 0 Å². The molecule has 0 saturated carbocycles. The summed E-state index contributed by atoms with van der Waals surface area (Å²) in [6.07, 6.45) is 0. The number of aryl methyl sites for hydroxylation is 1. The molecule has 1 aromatic rings. The van der Waals surface area contributed by atoms with Crippen molar-refractivity contribution in [3.05, 3.63) is 23.2 Å². The lowest BCUT2D eigenvalue weighted by atomic mass is 10.2. The Kier molecular flexibility index (Phi) is 8.01. The third kappa shape index (κ3) is 7.11. The molecule has 0 radical (unpaired) electrons. The Labute approximate surface area is 129 Å². The number of rotatable bonds is 10. The van der Waals surface area contributed by atoms with E-state index >= 15 is 0 Å². The van der Waals surface area contributed by atoms with Gasteiger partial charge in [-0.2, -0.15) is 0 Å². The summed E-state index contributed by atoms with van der Waals surface area (Å²) in [6.45, 7) is 15.3. The van der Waals surface area contributed by atoms with Crippen molar-refractivity contribution >= 4 is 0 Å². The zero-order chi connectivity index (χ0) is 15.8. The van der Waals surface area contributed by atoms with Gasteiger partial charge >= 0.3 is 0 Å². The molecule has 0 saturated heterocycles. The summed E-state index contributed by atoms with van der Waals surface area (Å²) in [5.41, 5.74) is 1.26. The summed E-state index contributed by atoms with van der Waals surface area (Å²) in [5.74, 6) is 2.71. The van der Waals surface area contributed by atoms with Crippen LogP contribution in [0.2, 0.25) is 0 Å². The van der Waals surface area contributed by atoms with Crippen LogP contribution in [0.5, 0.6) is 0 Å². The van der Waals surface area contributed by atoms with E-state index in [-0.39, 0.29) is 0 Å². The fraction of sp³-hybridized carbons (Fsp3) is 0.765. The van der Waals surface area contributed by atoms with Crippen molar-refractivity contribution < 1.29 is 9.15 Å². The summed E-state index contributed by atoms with van der Waals surface area (Å²) in [6, 6.07) is 2.67. The van der Waals surface area contributed by atoms with Crippen LogP contribution in [-0.2, 0) is 17.8 Å². The minimum Gasteiger partial charge on any atom is -0.465 e. The minimum atomic E-state index is 0.488. The second-order valence-electron chi connectivity index (χ2n) is 6.45. The van der Waals surface area contributed by atoms with Gasteiger partial charge in [-0.05, 0) is 18.9 Å². The van der Waals surface area contributed by atoms with Crippen molar-refractivity contribution in [1.29, 1.82) is 0 Å². The number of ether oxygens (including phenoxy) is 1. The zero-order valence-corrected chi connectivity index (χ0v) is 14.5. The van der Waals surface area contributed by atoms with Gasteiger partial charge in [0.2, 0.25) is 0 Å². The quantitative estimate of drug-likeness (QED) is 0.719. The molecule has 0 amide bonds. The average molecular weight is 296 g/mol. The van der Waals surface area contributed by atoms with E-state index in [1.807, 2.05) is 6.92 Å². The van der Waals surface area contributed by atoms with Crippen LogP contribution < -0.4 is 5.32 Å². The first-order valence-corrected chi connectivity index (χ1v) is 7.95. The number of hydrogen-bond donors (Lipinski definition) is 1. The van der Waals surface area contributed by atoms with Crippen LogP contribution in [0.1, 0.15) is 44.8 Å². The zero-order valence-electron chi connectivity index (χ0n) is 14.5. The topological polar surface area (TPSA) is 37.6 Å². The lowest BCUT2D eigenvalue weighted by Crippen LogP contribution is -2.30. The van der Waals surface area contributed by atoms with Gasteiger partial charge in [0.05, 0.1) is 13.2 Å². The van der Waals surface area contributed by atoms with Crippen LogP contribution in [0.4, 0.5) is 0 Å². The van der Waals surface area contributed by atoms with Crippen molar-refractivity contribution in [2.24, 2.45) is 5.92 Å². The molecule has 1 aromatic heterocycles. The molecule has 0 unspecified atom stereocenters. The number of nitrogens with one attached hydrogen (secondary N) is 1. The highest BCUT2D eigenvalue weighted by molar-refractivity contribution is 5.20. The maximum absolute atomic E-state index is 5.92. The van der Waals surface area contributed by atoms with Crippen molar-refractivity contribution in [2.45, 2.75) is 53.8 Å². The second kappa shape index (κ2) is 9.23. The highest BCUT2D eigenvalue weighted by Gasteiger charge is 2.13. The number of hydrogen-bond acceptors (Lipinski definition) is 4. The maximum Gasteiger partial charge on any atom is 0.118 e. The predicted molar refractivity (Wildman–Crippen MR) is 87.4 cm³/mol. The van der Waals surface area contributed by atoms with E-state index in [0.29, 0.717) is 12.0 Å². The smallest absolute Gasteiger partial charge is 0.118 e. The van der Waals surface area contributed by atoms with Gasteiger partial charge in [0.25, 0.3) is 0 Å². The molecule has 0 aliphatic heterocycles. The summed E-state index contributed by atoms with van der Waals surface area (Å²) < 4.78 is 11.1. The van der Waals surface area contributed by atoms with Crippen molar-refractivity contribution in [3.63, 3.8) is 0 Å². The third-order valence-electron chi connectivity index (χ3n) is 3.39. The van der Waals surface area contributed by atoms with E-state index in [4.69, 9.17) is 9.15 Å². The van der Waals surface area contributed by atoms with Gasteiger partial charge < -0.3 is 14.5 Å². The highest BCUT2D eigenvalue weighted by Crippen LogP contribution is 2.17. The van der Waals surface area contributed by atoms with Gasteiger partial charge in [0.15, 0.2) is 0 Å². The summed E-state index contributed by atoms with van der Waals surface area (Å²) in [5, 5.41) is 3.44. The monoisotopic (exact) mass is 296 g/mol. The molecule has 1 N–H and O–H groups in total. The van der Waals surface area contributed by atoms with Crippen LogP contribution in [0.15, 0.2) is 10.5 Å². The Morgan fingerprint density at radius 1 is 1.29 bits per heavy atom. The second-order valence-corrected chi connectivity index (χ2v) is 6.45. The average Bonchev–Trinajstić information content (AvgIpc) is 2.73. The van der Waals surface area contributed by atoms with Crippen molar-refractivity contribution in [3.8, 4) is 0 Å². The first-order chi connectivity index (χ1) is 9.92. The summed E-state index contributed by atoms with van der Waals surface area (Å²) in [7, 11) is 1.75. The largest absolute Gasteiger partial charge is 0.465 e. The molecular weight excluding hydrogens is 264 g/mol. The van der Waals surface area contributed by atoms with Gasteiger partial charge in [0.1, 0.15) is 11.5 Å². The Hall–Kier alpha value is -0.840.